The molecule has 1 aliphatic rings. The molecule has 130 valence electrons. The van der Waals surface area contributed by atoms with E-state index < -0.39 is 0 Å². The molecule has 0 atom stereocenters. The van der Waals surface area contributed by atoms with Crippen LogP contribution >= 0.6 is 15.9 Å². The third-order valence-corrected chi connectivity index (χ3v) is 5.67. The fraction of sp³-hybridized carbons (Fsp3) is 0.368. The van der Waals surface area contributed by atoms with Gasteiger partial charge in [-0.25, -0.2) is 9.97 Å². The number of pyridine rings is 1. The number of nitrogens with zero attached hydrogens (tertiary/aromatic N) is 3. The summed E-state index contributed by atoms with van der Waals surface area (Å²) in [6.07, 6.45) is 4.22. The number of aryl methyl sites for hydroxylation is 2. The van der Waals surface area contributed by atoms with Gasteiger partial charge in [-0.05, 0) is 54.2 Å². The molecule has 0 bridgehead atoms. The predicted molar refractivity (Wildman–Crippen MR) is 104 cm³/mol. The molecule has 1 aliphatic carbocycles. The molecule has 25 heavy (non-hydrogen) atoms. The van der Waals surface area contributed by atoms with E-state index in [2.05, 4.69) is 46.1 Å². The maximum atomic E-state index is 5.49. The van der Waals surface area contributed by atoms with Gasteiger partial charge >= 0.3 is 0 Å². The number of aromatic nitrogens is 3. The van der Waals surface area contributed by atoms with Crippen LogP contribution in [0.4, 0.5) is 11.4 Å². The Morgan fingerprint density at radius 3 is 2.68 bits per heavy atom. The standard InChI is InChI=1S/C19H21BrN4O/c1-10-5-8-13(25-4)11(2)15(10)22-17-14(20)16(12-6-7-12)23-19-18(17)21-9-24(19)3/h5,8-9,12H,6-7H2,1-4H3,(H,22,23). The van der Waals surface area contributed by atoms with Gasteiger partial charge in [0, 0.05) is 24.2 Å². The van der Waals surface area contributed by atoms with Crippen LogP contribution in [0.15, 0.2) is 22.9 Å². The van der Waals surface area contributed by atoms with Crippen molar-refractivity contribution in [2.75, 3.05) is 12.4 Å². The van der Waals surface area contributed by atoms with Gasteiger partial charge in [0.25, 0.3) is 0 Å². The first-order chi connectivity index (χ1) is 12.0. The maximum absolute atomic E-state index is 5.49. The summed E-state index contributed by atoms with van der Waals surface area (Å²) in [7, 11) is 3.69. The highest BCUT2D eigenvalue weighted by Crippen LogP contribution is 2.47. The number of ether oxygens (including phenoxy) is 1. The quantitative estimate of drug-likeness (QED) is 0.670. The highest BCUT2D eigenvalue weighted by atomic mass is 79.9. The molecule has 1 N–H and O–H groups in total. The number of methoxy groups -OCH3 is 1. The van der Waals surface area contributed by atoms with Crippen molar-refractivity contribution in [2.24, 2.45) is 7.05 Å². The molecular weight excluding hydrogens is 380 g/mol. The summed E-state index contributed by atoms with van der Waals surface area (Å²) in [5, 5.41) is 3.62. The molecule has 2 heterocycles. The first kappa shape index (κ1) is 16.4. The lowest BCUT2D eigenvalue weighted by atomic mass is 10.1. The first-order valence-electron chi connectivity index (χ1n) is 8.43. The lowest BCUT2D eigenvalue weighted by molar-refractivity contribution is 0.412. The number of benzene rings is 1. The highest BCUT2D eigenvalue weighted by Gasteiger charge is 2.30. The van der Waals surface area contributed by atoms with Crippen LogP contribution in [0.25, 0.3) is 11.2 Å². The van der Waals surface area contributed by atoms with Gasteiger partial charge in [0.2, 0.25) is 0 Å². The molecule has 1 fully saturated rings. The Morgan fingerprint density at radius 2 is 2.00 bits per heavy atom. The molecule has 0 amide bonds. The second kappa shape index (κ2) is 6.02. The Bertz CT molecular complexity index is 975. The van der Waals surface area contributed by atoms with Gasteiger partial charge < -0.3 is 14.6 Å². The number of hydrogen-bond donors (Lipinski definition) is 1. The van der Waals surface area contributed by atoms with E-state index in [-0.39, 0.29) is 0 Å². The topological polar surface area (TPSA) is 52.0 Å². The molecule has 0 saturated heterocycles. The van der Waals surface area contributed by atoms with Gasteiger partial charge in [-0.15, -0.1) is 0 Å². The molecule has 6 heteroatoms. The van der Waals surface area contributed by atoms with Crippen molar-refractivity contribution < 1.29 is 4.74 Å². The van der Waals surface area contributed by atoms with Crippen LogP contribution in [-0.4, -0.2) is 21.6 Å². The predicted octanol–water partition coefficient (Wildman–Crippen LogP) is 4.98. The Hall–Kier alpha value is -2.08. The summed E-state index contributed by atoms with van der Waals surface area (Å²) in [5.41, 5.74) is 7.19. The summed E-state index contributed by atoms with van der Waals surface area (Å²) in [6.45, 7) is 4.17. The Balaban J connectivity index is 1.91. The fourth-order valence-corrected chi connectivity index (χ4v) is 3.93. The summed E-state index contributed by atoms with van der Waals surface area (Å²) in [6, 6.07) is 4.07. The normalized spacial score (nSPS) is 14.1. The van der Waals surface area contributed by atoms with Gasteiger partial charge in [-0.1, -0.05) is 6.07 Å². The molecule has 0 spiro atoms. The average molecular weight is 401 g/mol. The van der Waals surface area contributed by atoms with Crippen LogP contribution in [0.3, 0.4) is 0 Å². The summed E-state index contributed by atoms with van der Waals surface area (Å²) < 4.78 is 8.48. The van der Waals surface area contributed by atoms with Crippen molar-refractivity contribution in [3.8, 4) is 5.75 Å². The second-order valence-corrected chi connectivity index (χ2v) is 7.49. The van der Waals surface area contributed by atoms with Crippen molar-refractivity contribution in [3.63, 3.8) is 0 Å². The first-order valence-corrected chi connectivity index (χ1v) is 9.22. The molecule has 2 aromatic heterocycles. The number of anilines is 2. The summed E-state index contributed by atoms with van der Waals surface area (Å²) >= 11 is 3.79. The van der Waals surface area contributed by atoms with E-state index in [0.717, 1.165) is 44.0 Å². The minimum absolute atomic E-state index is 0.543. The summed E-state index contributed by atoms with van der Waals surface area (Å²) in [5.74, 6) is 1.42. The van der Waals surface area contributed by atoms with Crippen molar-refractivity contribution in [1.82, 2.24) is 14.5 Å². The minimum Gasteiger partial charge on any atom is -0.496 e. The van der Waals surface area contributed by atoms with Crippen molar-refractivity contribution in [1.29, 1.82) is 0 Å². The van der Waals surface area contributed by atoms with E-state index >= 15 is 0 Å². The van der Waals surface area contributed by atoms with E-state index in [1.165, 1.54) is 18.4 Å². The Labute approximate surface area is 155 Å². The number of fused-ring (bicyclic) bond motifs is 1. The second-order valence-electron chi connectivity index (χ2n) is 6.70. The van der Waals surface area contributed by atoms with Crippen LogP contribution in [0.2, 0.25) is 0 Å². The van der Waals surface area contributed by atoms with Crippen molar-refractivity contribution in [3.05, 3.63) is 39.8 Å². The molecule has 0 radical (unpaired) electrons. The number of nitrogens with one attached hydrogen (secondary N) is 1. The molecular formula is C19H21BrN4O. The highest BCUT2D eigenvalue weighted by molar-refractivity contribution is 9.10. The van der Waals surface area contributed by atoms with Crippen LogP contribution in [0, 0.1) is 13.8 Å². The van der Waals surface area contributed by atoms with Crippen LogP contribution in [-0.2, 0) is 7.05 Å². The van der Waals surface area contributed by atoms with Crippen LogP contribution in [0.1, 0.15) is 35.6 Å². The lowest BCUT2D eigenvalue weighted by Gasteiger charge is -2.18. The zero-order chi connectivity index (χ0) is 17.7. The molecule has 0 aliphatic heterocycles. The third-order valence-electron chi connectivity index (χ3n) is 4.87. The van der Waals surface area contributed by atoms with Crippen LogP contribution < -0.4 is 10.1 Å². The zero-order valence-electron chi connectivity index (χ0n) is 14.9. The van der Waals surface area contributed by atoms with E-state index in [1.54, 1.807) is 7.11 Å². The molecule has 0 unspecified atom stereocenters. The van der Waals surface area contributed by atoms with Crippen molar-refractivity contribution in [2.45, 2.75) is 32.6 Å². The van der Waals surface area contributed by atoms with E-state index in [4.69, 9.17) is 9.72 Å². The van der Waals surface area contributed by atoms with Gasteiger partial charge in [-0.3, -0.25) is 0 Å². The molecule has 1 saturated carbocycles. The smallest absolute Gasteiger partial charge is 0.162 e. The number of halogens is 1. The largest absolute Gasteiger partial charge is 0.496 e. The molecule has 4 rings (SSSR count). The Morgan fingerprint density at radius 1 is 1.24 bits per heavy atom. The van der Waals surface area contributed by atoms with Gasteiger partial charge in [0.15, 0.2) is 5.65 Å². The number of rotatable bonds is 4. The number of hydrogen-bond acceptors (Lipinski definition) is 4. The average Bonchev–Trinajstić information content (AvgIpc) is 3.37. The third kappa shape index (κ3) is 2.68. The fourth-order valence-electron chi connectivity index (χ4n) is 3.23. The monoisotopic (exact) mass is 400 g/mol. The SMILES string of the molecule is COc1ccc(C)c(Nc2c(Br)c(C3CC3)nc3c2ncn3C)c1C. The summed E-state index contributed by atoms with van der Waals surface area (Å²) in [4.78, 5) is 9.44. The van der Waals surface area contributed by atoms with Crippen molar-refractivity contribution >= 4 is 38.5 Å². The van der Waals surface area contributed by atoms with Gasteiger partial charge in [0.05, 0.1) is 29.3 Å². The minimum atomic E-state index is 0.543. The Kier molecular flexibility index (Phi) is 3.95. The maximum Gasteiger partial charge on any atom is 0.162 e. The van der Waals surface area contributed by atoms with Crippen LogP contribution in [0.5, 0.6) is 5.75 Å². The van der Waals surface area contributed by atoms with Gasteiger partial charge in [0.1, 0.15) is 11.3 Å². The molecule has 5 nitrogen and oxygen atoms in total. The van der Waals surface area contributed by atoms with E-state index in [0.29, 0.717) is 5.92 Å². The van der Waals surface area contributed by atoms with Gasteiger partial charge in [-0.2, -0.15) is 0 Å². The molecule has 3 aromatic rings. The lowest BCUT2D eigenvalue weighted by Crippen LogP contribution is -2.03. The van der Waals surface area contributed by atoms with E-state index in [1.807, 2.05) is 24.0 Å². The molecule has 1 aromatic carbocycles. The van der Waals surface area contributed by atoms with E-state index in [9.17, 15) is 0 Å². The number of imidazole rings is 1. The zero-order valence-corrected chi connectivity index (χ0v) is 16.4.